The molecule has 0 aliphatic carbocycles. The molecule has 1 aromatic carbocycles. The van der Waals surface area contributed by atoms with E-state index in [-0.39, 0.29) is 5.91 Å². The van der Waals surface area contributed by atoms with Gasteiger partial charge in [0.15, 0.2) is 0 Å². The van der Waals surface area contributed by atoms with E-state index in [1.54, 1.807) is 0 Å². The number of anilines is 2. The van der Waals surface area contributed by atoms with E-state index in [0.717, 1.165) is 12.2 Å². The van der Waals surface area contributed by atoms with Gasteiger partial charge in [0.05, 0.1) is 0 Å². The summed E-state index contributed by atoms with van der Waals surface area (Å²) in [4.78, 5) is 11.5. The van der Waals surface area contributed by atoms with Gasteiger partial charge in [0.1, 0.15) is 0 Å². The Morgan fingerprint density at radius 3 is 2.24 bits per heavy atom. The van der Waals surface area contributed by atoms with Crippen LogP contribution in [0.1, 0.15) is 20.3 Å². The van der Waals surface area contributed by atoms with Gasteiger partial charge in [0, 0.05) is 31.9 Å². The van der Waals surface area contributed by atoms with E-state index in [1.807, 2.05) is 12.1 Å². The third-order valence-corrected chi connectivity index (χ3v) is 2.25. The van der Waals surface area contributed by atoms with Crippen LogP contribution < -0.4 is 15.4 Å². The molecule has 0 fully saturated rings. The molecule has 0 aromatic heterocycles. The van der Waals surface area contributed by atoms with Gasteiger partial charge < -0.3 is 15.4 Å². The molecule has 0 saturated carbocycles. The number of carbonyl (C=O) groups excluding carboxylic acids is 1. The molecule has 0 saturated heterocycles. The normalized spacial score (nSPS) is 8.94. The van der Waals surface area contributed by atoms with Crippen molar-refractivity contribution >= 4 is 30.1 Å². The summed E-state index contributed by atoms with van der Waals surface area (Å²) in [6, 6.07) is 8.23. The van der Waals surface area contributed by atoms with Gasteiger partial charge in [-0.25, -0.2) is 0 Å². The molecule has 4 nitrogen and oxygen atoms in total. The second-order valence-electron chi connectivity index (χ2n) is 3.69. The van der Waals surface area contributed by atoms with Gasteiger partial charge in [0.2, 0.25) is 5.91 Å². The molecule has 0 aliphatic rings. The highest BCUT2D eigenvalue weighted by Gasteiger charge is 1.97. The monoisotopic (exact) mass is 255 g/mol. The Morgan fingerprint density at radius 1 is 1.41 bits per heavy atom. The van der Waals surface area contributed by atoms with E-state index in [4.69, 9.17) is 0 Å². The predicted octanol–water partition coefficient (Wildman–Crippen LogP) is 2.28. The highest BCUT2D eigenvalue weighted by molar-refractivity contribution is 7.81. The highest BCUT2D eigenvalue weighted by Crippen LogP contribution is 2.17. The van der Waals surface area contributed by atoms with Crippen molar-refractivity contribution in [1.82, 2.24) is 0 Å². The first-order valence-electron chi connectivity index (χ1n) is 5.48. The molecule has 1 rings (SSSR count). The number of hydrogen-bond donors (Lipinski definition) is 3. The van der Waals surface area contributed by atoms with E-state index < -0.39 is 0 Å². The number of nitrogens with two attached hydrogens (primary N) is 1. The number of rotatable bonds is 4. The molecule has 0 heterocycles. The molecule has 0 bridgehead atoms. The number of amides is 1. The lowest BCUT2D eigenvalue weighted by atomic mass is 10.2. The molecule has 0 atom stereocenters. The van der Waals surface area contributed by atoms with Gasteiger partial charge in [-0.15, -0.1) is 0 Å². The molecule has 1 aromatic rings. The van der Waals surface area contributed by atoms with Gasteiger partial charge in [-0.2, -0.15) is 0 Å². The molecule has 96 valence electrons. The first-order chi connectivity index (χ1) is 8.01. The van der Waals surface area contributed by atoms with Crippen molar-refractivity contribution < 1.29 is 4.79 Å². The maximum atomic E-state index is 9.22. The lowest BCUT2D eigenvalue weighted by molar-refractivity contribution is -0.115. The Kier molecular flexibility index (Phi) is 8.05. The van der Waals surface area contributed by atoms with Crippen molar-refractivity contribution in [2.75, 3.05) is 23.2 Å². The van der Waals surface area contributed by atoms with Crippen LogP contribution in [0.15, 0.2) is 24.3 Å². The molecule has 0 spiro atoms. The Hall–Kier alpha value is -1.36. The SMILES string of the molecule is CC(N)=O.CCCN(C)c1ccc(NS)cc1. The van der Waals surface area contributed by atoms with Crippen LogP contribution in [0, 0.1) is 0 Å². The summed E-state index contributed by atoms with van der Waals surface area (Å²) >= 11 is 3.97. The molecule has 1 amide bonds. The van der Waals surface area contributed by atoms with Crippen LogP contribution in [0.2, 0.25) is 0 Å². The second-order valence-corrected chi connectivity index (χ2v) is 3.91. The summed E-state index contributed by atoms with van der Waals surface area (Å²) in [7, 11) is 2.10. The van der Waals surface area contributed by atoms with Crippen LogP contribution in [-0.4, -0.2) is 19.5 Å². The number of carbonyl (C=O) groups is 1. The standard InChI is InChI=1S/C10H16N2S.C2H5NO/c1-3-8-12(2)10-6-4-9(11-13)5-7-10;1-2(3)4/h4-7,11,13H,3,8H2,1-2H3;1H3,(H2,3,4). The van der Waals surface area contributed by atoms with E-state index >= 15 is 0 Å². The molecule has 0 radical (unpaired) electrons. The van der Waals surface area contributed by atoms with Gasteiger partial charge >= 0.3 is 0 Å². The van der Waals surface area contributed by atoms with Gasteiger partial charge in [-0.3, -0.25) is 4.79 Å². The molecule has 0 aliphatic heterocycles. The minimum absolute atomic E-state index is 0.333. The van der Waals surface area contributed by atoms with Crippen molar-refractivity contribution in [3.8, 4) is 0 Å². The van der Waals surface area contributed by atoms with Gasteiger partial charge in [-0.1, -0.05) is 19.7 Å². The minimum Gasteiger partial charge on any atom is -0.375 e. The van der Waals surface area contributed by atoms with Crippen molar-refractivity contribution in [3.05, 3.63) is 24.3 Å². The maximum Gasteiger partial charge on any atom is 0.214 e. The molecule has 3 N–H and O–H groups in total. The van der Waals surface area contributed by atoms with Crippen LogP contribution in [0.5, 0.6) is 0 Å². The van der Waals surface area contributed by atoms with E-state index in [1.165, 1.54) is 19.0 Å². The fourth-order valence-corrected chi connectivity index (χ4v) is 1.40. The number of thiol groups is 1. The lowest BCUT2D eigenvalue weighted by Crippen LogP contribution is -2.17. The van der Waals surface area contributed by atoms with Crippen LogP contribution in [0.25, 0.3) is 0 Å². The summed E-state index contributed by atoms with van der Waals surface area (Å²) < 4.78 is 2.80. The third kappa shape index (κ3) is 7.52. The smallest absolute Gasteiger partial charge is 0.214 e. The number of nitrogens with one attached hydrogen (secondary N) is 1. The van der Waals surface area contributed by atoms with Crippen molar-refractivity contribution in [2.24, 2.45) is 5.73 Å². The van der Waals surface area contributed by atoms with Crippen molar-refractivity contribution in [3.63, 3.8) is 0 Å². The van der Waals surface area contributed by atoms with Gasteiger partial charge in [-0.05, 0) is 30.7 Å². The summed E-state index contributed by atoms with van der Waals surface area (Å²) in [6.45, 7) is 4.58. The largest absolute Gasteiger partial charge is 0.375 e. The number of hydrogen-bond acceptors (Lipinski definition) is 4. The summed E-state index contributed by atoms with van der Waals surface area (Å²) in [6.07, 6.45) is 1.17. The number of nitrogens with zero attached hydrogens (tertiary/aromatic N) is 1. The van der Waals surface area contributed by atoms with Crippen molar-refractivity contribution in [2.45, 2.75) is 20.3 Å². The average Bonchev–Trinajstić information content (AvgIpc) is 2.29. The molecule has 0 unspecified atom stereocenters. The zero-order chi connectivity index (χ0) is 13.3. The zero-order valence-corrected chi connectivity index (χ0v) is 11.5. The Balaban J connectivity index is 0.000000557. The third-order valence-electron chi connectivity index (χ3n) is 2.00. The first kappa shape index (κ1) is 15.6. The highest BCUT2D eigenvalue weighted by atomic mass is 32.1. The zero-order valence-electron chi connectivity index (χ0n) is 10.6. The Labute approximate surface area is 109 Å². The maximum absolute atomic E-state index is 9.22. The molecular weight excluding hydrogens is 234 g/mol. The lowest BCUT2D eigenvalue weighted by Gasteiger charge is -2.18. The summed E-state index contributed by atoms with van der Waals surface area (Å²) in [5.74, 6) is -0.333. The van der Waals surface area contributed by atoms with E-state index in [2.05, 4.69) is 54.3 Å². The summed E-state index contributed by atoms with van der Waals surface area (Å²) in [5.41, 5.74) is 6.74. The quantitative estimate of drug-likeness (QED) is 0.723. The fraction of sp³-hybridized carbons (Fsp3) is 0.417. The minimum atomic E-state index is -0.333. The average molecular weight is 255 g/mol. The van der Waals surface area contributed by atoms with Crippen LogP contribution in [-0.2, 0) is 4.79 Å². The fourth-order valence-electron chi connectivity index (χ4n) is 1.25. The molecule has 5 heteroatoms. The first-order valence-corrected chi connectivity index (χ1v) is 5.93. The topological polar surface area (TPSA) is 58.4 Å². The van der Waals surface area contributed by atoms with E-state index in [9.17, 15) is 4.79 Å². The van der Waals surface area contributed by atoms with Crippen molar-refractivity contribution in [1.29, 1.82) is 0 Å². The Bertz CT molecular complexity index is 323. The summed E-state index contributed by atoms with van der Waals surface area (Å²) in [5, 5.41) is 0. The molecule has 17 heavy (non-hydrogen) atoms. The van der Waals surface area contributed by atoms with Crippen LogP contribution in [0.3, 0.4) is 0 Å². The second kappa shape index (κ2) is 8.75. The van der Waals surface area contributed by atoms with Gasteiger partial charge in [0.25, 0.3) is 0 Å². The number of primary amides is 1. The number of benzene rings is 1. The predicted molar refractivity (Wildman–Crippen MR) is 77.5 cm³/mol. The Morgan fingerprint density at radius 2 is 1.88 bits per heavy atom. The van der Waals surface area contributed by atoms with Crippen LogP contribution in [0.4, 0.5) is 11.4 Å². The molecular formula is C12H21N3OS. The van der Waals surface area contributed by atoms with E-state index in [0.29, 0.717) is 0 Å². The van der Waals surface area contributed by atoms with Crippen LogP contribution >= 0.6 is 12.8 Å².